The van der Waals surface area contributed by atoms with Crippen LogP contribution in [0.25, 0.3) is 11.3 Å². The van der Waals surface area contributed by atoms with Gasteiger partial charge in [-0.1, -0.05) is 39.5 Å². The number of benzene rings is 1. The molecular weight excluding hydrogens is 400 g/mol. The molecule has 9 heteroatoms. The number of carbonyl (C=O) groups is 1. The van der Waals surface area contributed by atoms with Crippen LogP contribution in [-0.2, 0) is 0 Å². The molecule has 8 nitrogen and oxygen atoms in total. The van der Waals surface area contributed by atoms with E-state index in [2.05, 4.69) is 39.0 Å². The third-order valence-electron chi connectivity index (χ3n) is 6.44. The molecule has 1 saturated heterocycles. The Bertz CT molecular complexity index is 1060. The second kappa shape index (κ2) is 7.55. The molecular formula is C21H24N6O2S. The Labute approximate surface area is 178 Å². The highest BCUT2D eigenvalue weighted by atomic mass is 32.1. The summed E-state index contributed by atoms with van der Waals surface area (Å²) in [5.41, 5.74) is 3.70. The van der Waals surface area contributed by atoms with Gasteiger partial charge in [-0.3, -0.25) is 4.79 Å². The number of aromatic nitrogens is 5. The van der Waals surface area contributed by atoms with Gasteiger partial charge < -0.3 is 10.0 Å². The summed E-state index contributed by atoms with van der Waals surface area (Å²) in [6.07, 6.45) is 2.87. The molecule has 1 aliphatic heterocycles. The van der Waals surface area contributed by atoms with Crippen molar-refractivity contribution in [1.29, 1.82) is 0 Å². The highest BCUT2D eigenvalue weighted by Crippen LogP contribution is 2.41. The maximum Gasteiger partial charge on any atom is 0.267 e. The molecule has 1 N–H and O–H groups in total. The van der Waals surface area contributed by atoms with Crippen molar-refractivity contribution in [3.05, 3.63) is 46.6 Å². The Kier molecular flexibility index (Phi) is 4.86. The summed E-state index contributed by atoms with van der Waals surface area (Å²) < 4.78 is 5.69. The maximum atomic E-state index is 12.9. The van der Waals surface area contributed by atoms with Gasteiger partial charge in [-0.25, -0.2) is 4.68 Å². The molecule has 1 aromatic carbocycles. The Balaban J connectivity index is 1.31. The molecule has 3 heterocycles. The van der Waals surface area contributed by atoms with Crippen LogP contribution in [0, 0.1) is 25.7 Å². The van der Waals surface area contributed by atoms with Crippen molar-refractivity contribution in [3.63, 3.8) is 0 Å². The van der Waals surface area contributed by atoms with E-state index in [1.165, 1.54) is 5.56 Å². The van der Waals surface area contributed by atoms with Crippen molar-refractivity contribution in [2.24, 2.45) is 11.8 Å². The molecule has 1 aliphatic carbocycles. The number of hydrogen-bond donors (Lipinski definition) is 1. The SMILES string of the molecule is Cc1ccc(-c2cn([C@@H]3C[C@@H]4CN(C(=O)c5snnc5C)C[C@@H]4C[C@H]3O)nn2)cc1. The Morgan fingerprint density at radius 1 is 1.10 bits per heavy atom. The van der Waals surface area contributed by atoms with E-state index in [1.54, 1.807) is 4.68 Å². The smallest absolute Gasteiger partial charge is 0.267 e. The summed E-state index contributed by atoms with van der Waals surface area (Å²) in [7, 11) is 0. The van der Waals surface area contributed by atoms with Crippen LogP contribution in [0.3, 0.4) is 0 Å². The molecule has 2 aromatic heterocycles. The lowest BCUT2D eigenvalue weighted by Crippen LogP contribution is -2.36. The standard InChI is InChI=1S/C21H24N6O2S/c1-12-3-5-14(6-4-12)17-11-27(24-23-17)18-7-15-9-26(10-16(15)8-19(18)28)21(29)20-13(2)22-25-30-20/h3-6,11,15-16,18-19,28H,7-10H2,1-2H3/t15-,16+,18-,19-/m1/s1. The zero-order chi connectivity index (χ0) is 20.8. The summed E-state index contributed by atoms with van der Waals surface area (Å²) >= 11 is 1.15. The molecule has 2 fully saturated rings. The molecule has 1 amide bonds. The monoisotopic (exact) mass is 424 g/mol. The molecule has 0 unspecified atom stereocenters. The molecule has 0 radical (unpaired) electrons. The van der Waals surface area contributed by atoms with Gasteiger partial charge in [0.1, 0.15) is 10.6 Å². The zero-order valence-corrected chi connectivity index (χ0v) is 17.8. The quantitative estimate of drug-likeness (QED) is 0.694. The Morgan fingerprint density at radius 2 is 1.83 bits per heavy atom. The third-order valence-corrected chi connectivity index (χ3v) is 7.26. The van der Waals surface area contributed by atoms with Crippen LogP contribution in [0.15, 0.2) is 30.5 Å². The van der Waals surface area contributed by atoms with Crippen LogP contribution in [0.4, 0.5) is 0 Å². The first-order valence-corrected chi connectivity index (χ1v) is 11.0. The third kappa shape index (κ3) is 3.41. The second-order valence-electron chi connectivity index (χ2n) is 8.47. The molecule has 0 bridgehead atoms. The number of likely N-dealkylation sites (tertiary alicyclic amines) is 1. The van der Waals surface area contributed by atoms with Crippen molar-refractivity contribution < 1.29 is 9.90 Å². The van der Waals surface area contributed by atoms with E-state index in [4.69, 9.17) is 0 Å². The van der Waals surface area contributed by atoms with Crippen LogP contribution in [0.5, 0.6) is 0 Å². The molecule has 2 aliphatic rings. The van der Waals surface area contributed by atoms with E-state index in [0.29, 0.717) is 41.9 Å². The lowest BCUT2D eigenvalue weighted by Gasteiger charge is -2.34. The number of aryl methyl sites for hydroxylation is 2. The highest BCUT2D eigenvalue weighted by molar-refractivity contribution is 7.07. The lowest BCUT2D eigenvalue weighted by atomic mass is 9.77. The van der Waals surface area contributed by atoms with Crippen molar-refractivity contribution in [1.82, 2.24) is 29.5 Å². The van der Waals surface area contributed by atoms with Crippen molar-refractivity contribution in [2.45, 2.75) is 38.8 Å². The van der Waals surface area contributed by atoms with Crippen LogP contribution in [-0.4, -0.2) is 59.7 Å². The summed E-state index contributed by atoms with van der Waals surface area (Å²) in [5.74, 6) is 0.655. The number of carbonyl (C=O) groups excluding carboxylic acids is 1. The van der Waals surface area contributed by atoms with E-state index < -0.39 is 6.10 Å². The summed E-state index contributed by atoms with van der Waals surface area (Å²) in [6, 6.07) is 8.05. The summed E-state index contributed by atoms with van der Waals surface area (Å²) in [4.78, 5) is 15.4. The topological polar surface area (TPSA) is 97.0 Å². The minimum absolute atomic E-state index is 0.00496. The second-order valence-corrected chi connectivity index (χ2v) is 9.23. The van der Waals surface area contributed by atoms with Crippen molar-refractivity contribution in [3.8, 4) is 11.3 Å². The maximum absolute atomic E-state index is 12.9. The number of rotatable bonds is 3. The van der Waals surface area contributed by atoms with Gasteiger partial charge in [0.15, 0.2) is 0 Å². The minimum atomic E-state index is -0.499. The van der Waals surface area contributed by atoms with Gasteiger partial charge in [-0.2, -0.15) is 0 Å². The highest BCUT2D eigenvalue weighted by Gasteiger charge is 2.44. The van der Waals surface area contributed by atoms with Gasteiger partial charge in [-0.15, -0.1) is 10.2 Å². The van der Waals surface area contributed by atoms with E-state index in [9.17, 15) is 9.90 Å². The van der Waals surface area contributed by atoms with E-state index in [1.807, 2.05) is 30.2 Å². The largest absolute Gasteiger partial charge is 0.391 e. The number of hydrogen-bond acceptors (Lipinski definition) is 7. The predicted octanol–water partition coefficient (Wildman–Crippen LogP) is 2.50. The number of nitrogens with zero attached hydrogens (tertiary/aromatic N) is 6. The molecule has 156 valence electrons. The zero-order valence-electron chi connectivity index (χ0n) is 17.0. The van der Waals surface area contributed by atoms with Crippen LogP contribution >= 0.6 is 11.5 Å². The van der Waals surface area contributed by atoms with E-state index >= 15 is 0 Å². The first kappa shape index (κ1) is 19.3. The molecule has 5 rings (SSSR count). The van der Waals surface area contributed by atoms with Gasteiger partial charge >= 0.3 is 0 Å². The number of aliphatic hydroxyl groups excluding tert-OH is 1. The average Bonchev–Trinajstić information content (AvgIpc) is 3.46. The lowest BCUT2D eigenvalue weighted by molar-refractivity contribution is 0.0298. The fraction of sp³-hybridized carbons (Fsp3) is 0.476. The van der Waals surface area contributed by atoms with Gasteiger partial charge in [0.2, 0.25) is 0 Å². The number of aliphatic hydroxyl groups is 1. The average molecular weight is 425 g/mol. The Morgan fingerprint density at radius 3 is 2.53 bits per heavy atom. The summed E-state index contributed by atoms with van der Waals surface area (Å²) in [6.45, 7) is 5.24. The molecule has 30 heavy (non-hydrogen) atoms. The predicted molar refractivity (Wildman–Crippen MR) is 112 cm³/mol. The van der Waals surface area contributed by atoms with Crippen LogP contribution in [0.2, 0.25) is 0 Å². The number of amides is 1. The van der Waals surface area contributed by atoms with Crippen LogP contribution in [0.1, 0.15) is 39.8 Å². The van der Waals surface area contributed by atoms with Gasteiger partial charge in [0.25, 0.3) is 5.91 Å². The van der Waals surface area contributed by atoms with Crippen molar-refractivity contribution in [2.75, 3.05) is 13.1 Å². The normalized spacial score (nSPS) is 26.0. The van der Waals surface area contributed by atoms with Gasteiger partial charge in [-0.05, 0) is 50.1 Å². The fourth-order valence-corrected chi connectivity index (χ4v) is 5.35. The van der Waals surface area contributed by atoms with Gasteiger partial charge in [0, 0.05) is 18.7 Å². The summed E-state index contributed by atoms with van der Waals surface area (Å²) in [5, 5.41) is 23.4. The van der Waals surface area contributed by atoms with Crippen LogP contribution < -0.4 is 0 Å². The fourth-order valence-electron chi connectivity index (χ4n) is 4.72. The minimum Gasteiger partial charge on any atom is -0.391 e. The van der Waals surface area contributed by atoms with Gasteiger partial charge in [0.05, 0.1) is 24.0 Å². The first-order valence-electron chi connectivity index (χ1n) is 10.2. The molecule has 3 aromatic rings. The van der Waals surface area contributed by atoms with E-state index in [0.717, 1.165) is 29.2 Å². The van der Waals surface area contributed by atoms with E-state index in [-0.39, 0.29) is 11.9 Å². The molecule has 1 saturated carbocycles. The Hall–Kier alpha value is -2.65. The first-order chi connectivity index (χ1) is 14.5. The molecule has 0 spiro atoms. The molecule has 4 atom stereocenters. The number of fused-ring (bicyclic) bond motifs is 1. The van der Waals surface area contributed by atoms with Crippen molar-refractivity contribution >= 4 is 17.4 Å².